The van der Waals surface area contributed by atoms with Crippen LogP contribution in [0.4, 0.5) is 5.69 Å². The van der Waals surface area contributed by atoms with Crippen molar-refractivity contribution in [2.45, 2.75) is 18.9 Å². The van der Waals surface area contributed by atoms with Crippen LogP contribution in [-0.4, -0.2) is 24.1 Å². The summed E-state index contributed by atoms with van der Waals surface area (Å²) in [5.74, 6) is 2.51. The molecule has 0 aliphatic carbocycles. The Morgan fingerprint density at radius 1 is 1.40 bits per heavy atom. The van der Waals surface area contributed by atoms with Gasteiger partial charge in [-0.05, 0) is 38.1 Å². The number of nitrogens with zero attached hydrogens (tertiary/aromatic N) is 1. The van der Waals surface area contributed by atoms with Crippen LogP contribution in [0.15, 0.2) is 18.3 Å². The molecule has 0 bridgehead atoms. The molecule has 1 fully saturated rings. The third-order valence-electron chi connectivity index (χ3n) is 2.62. The first-order valence-corrected chi connectivity index (χ1v) is 5.28. The van der Waals surface area contributed by atoms with Gasteiger partial charge in [0.15, 0.2) is 0 Å². The van der Waals surface area contributed by atoms with Crippen molar-refractivity contribution < 1.29 is 0 Å². The number of piperidine rings is 1. The van der Waals surface area contributed by atoms with Gasteiger partial charge >= 0.3 is 0 Å². The molecule has 78 valence electrons. The van der Waals surface area contributed by atoms with E-state index in [-0.39, 0.29) is 0 Å². The van der Waals surface area contributed by atoms with Crippen LogP contribution in [0.3, 0.4) is 0 Å². The van der Waals surface area contributed by atoms with Crippen molar-refractivity contribution in [3.63, 3.8) is 0 Å². The van der Waals surface area contributed by atoms with Crippen LogP contribution >= 0.6 is 0 Å². The Balaban J connectivity index is 1.95. The number of hydrogen-bond acceptors (Lipinski definition) is 3. The van der Waals surface area contributed by atoms with Gasteiger partial charge in [-0.15, -0.1) is 6.42 Å². The molecule has 2 N–H and O–H groups in total. The number of anilines is 1. The van der Waals surface area contributed by atoms with Gasteiger partial charge in [-0.1, -0.05) is 5.92 Å². The van der Waals surface area contributed by atoms with Gasteiger partial charge in [0, 0.05) is 6.04 Å². The topological polar surface area (TPSA) is 37.0 Å². The molecule has 2 heterocycles. The monoisotopic (exact) mass is 201 g/mol. The first-order chi connectivity index (χ1) is 7.38. The Hall–Kier alpha value is -1.53. The van der Waals surface area contributed by atoms with Crippen LogP contribution in [0.2, 0.25) is 0 Å². The summed E-state index contributed by atoms with van der Waals surface area (Å²) < 4.78 is 0. The van der Waals surface area contributed by atoms with Crippen molar-refractivity contribution in [3.8, 4) is 12.3 Å². The number of terminal acetylenes is 1. The molecule has 1 aliphatic rings. The van der Waals surface area contributed by atoms with E-state index in [2.05, 4.69) is 21.5 Å². The van der Waals surface area contributed by atoms with Gasteiger partial charge in [0.25, 0.3) is 0 Å². The van der Waals surface area contributed by atoms with E-state index >= 15 is 0 Å². The second-order valence-corrected chi connectivity index (χ2v) is 3.75. The van der Waals surface area contributed by atoms with E-state index in [1.54, 1.807) is 6.20 Å². The number of aromatic nitrogens is 1. The van der Waals surface area contributed by atoms with Gasteiger partial charge in [0.1, 0.15) is 5.69 Å². The lowest BCUT2D eigenvalue weighted by Crippen LogP contribution is -2.35. The maximum absolute atomic E-state index is 5.24. The summed E-state index contributed by atoms with van der Waals surface area (Å²) >= 11 is 0. The number of rotatable bonds is 2. The van der Waals surface area contributed by atoms with Crippen molar-refractivity contribution in [2.75, 3.05) is 18.4 Å². The molecule has 0 aromatic carbocycles. The molecule has 15 heavy (non-hydrogen) atoms. The number of hydrogen-bond donors (Lipinski definition) is 2. The standard InChI is InChI=1S/C12H15N3/c1-2-10-3-4-12(9-14-10)15-11-5-7-13-8-6-11/h1,3-4,9,11,13,15H,5-8H2. The van der Waals surface area contributed by atoms with Crippen LogP contribution in [-0.2, 0) is 0 Å². The summed E-state index contributed by atoms with van der Waals surface area (Å²) in [6, 6.07) is 4.41. The predicted molar refractivity (Wildman–Crippen MR) is 61.7 cm³/mol. The maximum Gasteiger partial charge on any atom is 0.113 e. The third kappa shape index (κ3) is 2.71. The van der Waals surface area contributed by atoms with Gasteiger partial charge in [0.2, 0.25) is 0 Å². The lowest BCUT2D eigenvalue weighted by Gasteiger charge is -2.24. The highest BCUT2D eigenvalue weighted by molar-refractivity contribution is 5.44. The van der Waals surface area contributed by atoms with Crippen molar-refractivity contribution in [1.82, 2.24) is 10.3 Å². The summed E-state index contributed by atoms with van der Waals surface area (Å²) in [6.45, 7) is 2.18. The minimum atomic E-state index is 0.560. The fraction of sp³-hybridized carbons (Fsp3) is 0.417. The zero-order valence-corrected chi connectivity index (χ0v) is 8.66. The number of nitrogens with one attached hydrogen (secondary N) is 2. The molecule has 3 heteroatoms. The Kier molecular flexibility index (Phi) is 3.21. The van der Waals surface area contributed by atoms with Crippen LogP contribution in [0, 0.1) is 12.3 Å². The second-order valence-electron chi connectivity index (χ2n) is 3.75. The highest BCUT2D eigenvalue weighted by atomic mass is 15.0. The van der Waals surface area contributed by atoms with Gasteiger partial charge in [-0.2, -0.15) is 0 Å². The highest BCUT2D eigenvalue weighted by Gasteiger charge is 2.12. The second kappa shape index (κ2) is 4.81. The van der Waals surface area contributed by atoms with Gasteiger partial charge in [0.05, 0.1) is 11.9 Å². The molecule has 0 unspecified atom stereocenters. The summed E-state index contributed by atoms with van der Waals surface area (Å²) in [5.41, 5.74) is 1.74. The fourth-order valence-corrected chi connectivity index (χ4v) is 1.77. The largest absolute Gasteiger partial charge is 0.381 e. The summed E-state index contributed by atoms with van der Waals surface area (Å²) in [4.78, 5) is 4.15. The Labute approximate surface area is 90.3 Å². The molecule has 0 amide bonds. The highest BCUT2D eigenvalue weighted by Crippen LogP contribution is 2.12. The molecule has 2 rings (SSSR count). The van der Waals surface area contributed by atoms with E-state index in [9.17, 15) is 0 Å². The molecule has 1 aromatic rings. The van der Waals surface area contributed by atoms with Gasteiger partial charge < -0.3 is 10.6 Å². The first-order valence-electron chi connectivity index (χ1n) is 5.28. The SMILES string of the molecule is C#Cc1ccc(NC2CCNCC2)cn1. The summed E-state index contributed by atoms with van der Waals surface area (Å²) in [5, 5.41) is 6.80. The van der Waals surface area contributed by atoms with Crippen molar-refractivity contribution in [2.24, 2.45) is 0 Å². The van der Waals surface area contributed by atoms with E-state index < -0.39 is 0 Å². The van der Waals surface area contributed by atoms with E-state index in [4.69, 9.17) is 6.42 Å². The zero-order valence-electron chi connectivity index (χ0n) is 8.66. The summed E-state index contributed by atoms with van der Waals surface area (Å²) in [6.07, 6.45) is 9.37. The molecule has 0 atom stereocenters. The van der Waals surface area contributed by atoms with Crippen LogP contribution in [0.1, 0.15) is 18.5 Å². The maximum atomic E-state index is 5.24. The Morgan fingerprint density at radius 3 is 2.80 bits per heavy atom. The molecule has 1 aliphatic heterocycles. The van der Waals surface area contributed by atoms with E-state index in [0.29, 0.717) is 11.7 Å². The van der Waals surface area contributed by atoms with E-state index in [1.807, 2.05) is 12.1 Å². The van der Waals surface area contributed by atoms with Crippen LogP contribution in [0.25, 0.3) is 0 Å². The normalized spacial score (nSPS) is 17.0. The molecular formula is C12H15N3. The lowest BCUT2D eigenvalue weighted by molar-refractivity contribution is 0.479. The molecule has 1 saturated heterocycles. The Morgan fingerprint density at radius 2 is 2.20 bits per heavy atom. The first kappa shape index (κ1) is 10.0. The lowest BCUT2D eigenvalue weighted by atomic mass is 10.1. The van der Waals surface area contributed by atoms with Gasteiger partial charge in [-0.25, -0.2) is 4.98 Å². The molecule has 3 nitrogen and oxygen atoms in total. The predicted octanol–water partition coefficient (Wildman–Crippen LogP) is 1.23. The van der Waals surface area contributed by atoms with Gasteiger partial charge in [-0.3, -0.25) is 0 Å². The smallest absolute Gasteiger partial charge is 0.113 e. The van der Waals surface area contributed by atoms with Crippen molar-refractivity contribution >= 4 is 5.69 Å². The minimum absolute atomic E-state index is 0.560. The van der Waals surface area contributed by atoms with E-state index in [0.717, 1.165) is 31.6 Å². The van der Waals surface area contributed by atoms with Crippen LogP contribution < -0.4 is 10.6 Å². The third-order valence-corrected chi connectivity index (χ3v) is 2.62. The van der Waals surface area contributed by atoms with Crippen molar-refractivity contribution in [1.29, 1.82) is 0 Å². The average molecular weight is 201 g/mol. The molecule has 0 radical (unpaired) electrons. The average Bonchev–Trinajstić information content (AvgIpc) is 2.31. The molecule has 1 aromatic heterocycles. The van der Waals surface area contributed by atoms with Crippen molar-refractivity contribution in [3.05, 3.63) is 24.0 Å². The minimum Gasteiger partial charge on any atom is -0.381 e. The Bertz CT molecular complexity index is 344. The van der Waals surface area contributed by atoms with E-state index in [1.165, 1.54) is 0 Å². The molecular weight excluding hydrogens is 186 g/mol. The molecule has 0 spiro atoms. The quantitative estimate of drug-likeness (QED) is 0.707. The zero-order chi connectivity index (χ0) is 10.5. The van der Waals surface area contributed by atoms with Crippen LogP contribution in [0.5, 0.6) is 0 Å². The fourth-order valence-electron chi connectivity index (χ4n) is 1.77. The number of pyridine rings is 1. The summed E-state index contributed by atoms with van der Waals surface area (Å²) in [7, 11) is 0. The molecule has 0 saturated carbocycles.